The first-order valence-electron chi connectivity index (χ1n) is 9.88. The van der Waals surface area contributed by atoms with E-state index >= 15 is 0 Å². The second-order valence-electron chi connectivity index (χ2n) is 7.62. The zero-order chi connectivity index (χ0) is 22.9. The number of rotatable bonds is 6. The van der Waals surface area contributed by atoms with Crippen LogP contribution in [0.4, 0.5) is 5.69 Å². The maximum Gasteiger partial charge on any atom is 0.267 e. The molecule has 1 amide bonds. The molecule has 1 aliphatic heterocycles. The lowest BCUT2D eigenvalue weighted by molar-refractivity contribution is -0.123. The van der Waals surface area contributed by atoms with Crippen LogP contribution < -0.4 is 29.8 Å². The van der Waals surface area contributed by atoms with E-state index in [-0.39, 0.29) is 6.79 Å². The Labute approximate surface area is 184 Å². The molecule has 9 nitrogen and oxygen atoms in total. The van der Waals surface area contributed by atoms with Crippen molar-refractivity contribution in [3.05, 3.63) is 58.9 Å². The van der Waals surface area contributed by atoms with E-state index in [2.05, 4.69) is 10.4 Å². The van der Waals surface area contributed by atoms with Crippen molar-refractivity contribution in [3.63, 3.8) is 0 Å². The zero-order valence-corrected chi connectivity index (χ0v) is 18.2. The van der Waals surface area contributed by atoms with E-state index in [1.165, 1.54) is 13.2 Å². The van der Waals surface area contributed by atoms with Crippen molar-refractivity contribution in [2.24, 2.45) is 0 Å². The van der Waals surface area contributed by atoms with Crippen molar-refractivity contribution < 1.29 is 23.7 Å². The molecule has 0 spiro atoms. The molecule has 0 radical (unpaired) electrons. The van der Waals surface area contributed by atoms with Gasteiger partial charge in [0.2, 0.25) is 6.79 Å². The Hall–Kier alpha value is -4.01. The van der Waals surface area contributed by atoms with Gasteiger partial charge in [-0.05, 0) is 50.2 Å². The highest BCUT2D eigenvalue weighted by molar-refractivity contribution is 5.97. The van der Waals surface area contributed by atoms with Crippen LogP contribution in [0.5, 0.6) is 23.0 Å². The summed E-state index contributed by atoms with van der Waals surface area (Å²) in [5.74, 6) is 1.84. The first-order chi connectivity index (χ1) is 15.3. The van der Waals surface area contributed by atoms with E-state index < -0.39 is 17.0 Å². The van der Waals surface area contributed by atoms with E-state index in [4.69, 9.17) is 18.9 Å². The monoisotopic (exact) mass is 437 g/mol. The molecule has 32 heavy (non-hydrogen) atoms. The number of carbonyl (C=O) groups is 1. The van der Waals surface area contributed by atoms with E-state index in [0.717, 1.165) is 10.2 Å². The van der Waals surface area contributed by atoms with Gasteiger partial charge in [-0.3, -0.25) is 9.59 Å². The molecule has 166 valence electrons. The second kappa shape index (κ2) is 8.26. The van der Waals surface area contributed by atoms with Gasteiger partial charge in [0.05, 0.1) is 25.6 Å². The molecule has 2 aromatic carbocycles. The number of amides is 1. The summed E-state index contributed by atoms with van der Waals surface area (Å²) in [6, 6.07) is 13.4. The number of carbonyl (C=O) groups excluding carboxylic acids is 1. The summed E-state index contributed by atoms with van der Waals surface area (Å²) in [7, 11) is 3.04. The largest absolute Gasteiger partial charge is 0.497 e. The van der Waals surface area contributed by atoms with Gasteiger partial charge >= 0.3 is 0 Å². The number of ether oxygens (including phenoxy) is 4. The van der Waals surface area contributed by atoms with Crippen LogP contribution in [0.25, 0.3) is 11.3 Å². The molecule has 1 aliphatic rings. The van der Waals surface area contributed by atoms with E-state index in [1.807, 2.05) is 6.07 Å². The van der Waals surface area contributed by atoms with Gasteiger partial charge in [0.15, 0.2) is 11.5 Å². The van der Waals surface area contributed by atoms with Gasteiger partial charge in [0, 0.05) is 17.7 Å². The molecular weight excluding hydrogens is 414 g/mol. The van der Waals surface area contributed by atoms with Crippen LogP contribution in [-0.2, 0) is 10.3 Å². The molecular formula is C23H23N3O6. The maximum atomic E-state index is 13.2. The Bertz CT molecular complexity index is 1230. The predicted octanol–water partition coefficient (Wildman–Crippen LogP) is 3.03. The number of fused-ring (bicyclic) bond motifs is 1. The average Bonchev–Trinajstić information content (AvgIpc) is 3.27. The summed E-state index contributed by atoms with van der Waals surface area (Å²) in [4.78, 5) is 25.8. The fourth-order valence-corrected chi connectivity index (χ4v) is 3.29. The lowest BCUT2D eigenvalue weighted by Gasteiger charge is -2.26. The van der Waals surface area contributed by atoms with Crippen LogP contribution in [-0.4, -0.2) is 36.7 Å². The van der Waals surface area contributed by atoms with Crippen LogP contribution in [0.15, 0.2) is 53.3 Å². The van der Waals surface area contributed by atoms with Crippen molar-refractivity contribution in [1.29, 1.82) is 0 Å². The second-order valence-corrected chi connectivity index (χ2v) is 7.62. The van der Waals surface area contributed by atoms with Crippen molar-refractivity contribution >= 4 is 11.6 Å². The molecule has 0 fully saturated rings. The molecule has 0 bridgehead atoms. The van der Waals surface area contributed by atoms with Crippen molar-refractivity contribution in [1.82, 2.24) is 9.78 Å². The third-order valence-electron chi connectivity index (χ3n) is 5.21. The standard InChI is InChI=1S/C23H23N3O6/c1-23(2,22(28)24-17-7-6-15(29-3)12-19(17)30-4)26-21(27)10-8-16(25-26)14-5-9-18-20(11-14)32-13-31-18/h5-12H,13H2,1-4H3,(H,24,28). The van der Waals surface area contributed by atoms with Gasteiger partial charge in [-0.1, -0.05) is 0 Å². The minimum Gasteiger partial charge on any atom is -0.497 e. The molecule has 0 atom stereocenters. The first kappa shape index (κ1) is 21.2. The number of hydrogen-bond acceptors (Lipinski definition) is 7. The number of anilines is 1. The predicted molar refractivity (Wildman–Crippen MR) is 118 cm³/mol. The van der Waals surface area contributed by atoms with Crippen molar-refractivity contribution in [2.45, 2.75) is 19.4 Å². The first-order valence-corrected chi connectivity index (χ1v) is 9.88. The number of nitrogens with one attached hydrogen (secondary N) is 1. The van der Waals surface area contributed by atoms with Crippen LogP contribution in [0.2, 0.25) is 0 Å². The smallest absolute Gasteiger partial charge is 0.267 e. The Morgan fingerprint density at radius 3 is 2.56 bits per heavy atom. The Kier molecular flexibility index (Phi) is 5.48. The molecule has 0 saturated heterocycles. The Balaban J connectivity index is 1.65. The minimum atomic E-state index is -1.30. The van der Waals surface area contributed by atoms with Gasteiger partial charge in [0.1, 0.15) is 17.0 Å². The van der Waals surface area contributed by atoms with Crippen molar-refractivity contribution in [2.75, 3.05) is 26.3 Å². The molecule has 2 heterocycles. The molecule has 4 rings (SSSR count). The lowest BCUT2D eigenvalue weighted by atomic mass is 10.0. The summed E-state index contributed by atoms with van der Waals surface area (Å²) in [6.45, 7) is 3.40. The Morgan fingerprint density at radius 1 is 1.03 bits per heavy atom. The number of aromatic nitrogens is 2. The maximum absolute atomic E-state index is 13.2. The fraction of sp³-hybridized carbons (Fsp3) is 0.261. The number of methoxy groups -OCH3 is 2. The van der Waals surface area contributed by atoms with Gasteiger partial charge in [-0.25, -0.2) is 4.68 Å². The molecule has 1 N–H and O–H groups in total. The molecule has 9 heteroatoms. The van der Waals surface area contributed by atoms with Crippen LogP contribution in [0, 0.1) is 0 Å². The zero-order valence-electron chi connectivity index (χ0n) is 18.2. The minimum absolute atomic E-state index is 0.160. The molecule has 3 aromatic rings. The quantitative estimate of drug-likeness (QED) is 0.633. The molecule has 0 unspecified atom stereocenters. The van der Waals surface area contributed by atoms with Gasteiger partial charge in [0.25, 0.3) is 11.5 Å². The Morgan fingerprint density at radius 2 is 1.81 bits per heavy atom. The summed E-state index contributed by atoms with van der Waals surface area (Å²) < 4.78 is 22.5. The van der Waals surface area contributed by atoms with Gasteiger partial charge in [-0.2, -0.15) is 5.10 Å². The van der Waals surface area contributed by atoms with E-state index in [0.29, 0.717) is 34.4 Å². The molecule has 0 saturated carbocycles. The van der Waals surface area contributed by atoms with Crippen LogP contribution in [0.3, 0.4) is 0 Å². The summed E-state index contributed by atoms with van der Waals surface area (Å²) in [5, 5.41) is 7.28. The topological polar surface area (TPSA) is 101 Å². The third-order valence-corrected chi connectivity index (χ3v) is 5.21. The third kappa shape index (κ3) is 3.84. The summed E-state index contributed by atoms with van der Waals surface area (Å²) >= 11 is 0. The summed E-state index contributed by atoms with van der Waals surface area (Å²) in [5.41, 5.74) is -0.00140. The number of hydrogen-bond donors (Lipinski definition) is 1. The van der Waals surface area contributed by atoms with Crippen LogP contribution in [0.1, 0.15) is 13.8 Å². The fourth-order valence-electron chi connectivity index (χ4n) is 3.29. The van der Waals surface area contributed by atoms with Gasteiger partial charge < -0.3 is 24.3 Å². The van der Waals surface area contributed by atoms with E-state index in [9.17, 15) is 9.59 Å². The number of benzene rings is 2. The van der Waals surface area contributed by atoms with E-state index in [1.54, 1.807) is 57.4 Å². The number of nitrogens with zero attached hydrogens (tertiary/aromatic N) is 2. The summed E-state index contributed by atoms with van der Waals surface area (Å²) in [6.07, 6.45) is 0. The lowest BCUT2D eigenvalue weighted by Crippen LogP contribution is -2.47. The molecule has 1 aromatic heterocycles. The SMILES string of the molecule is COc1ccc(NC(=O)C(C)(C)n2nc(-c3ccc4c(c3)OCO4)ccc2=O)c(OC)c1. The highest BCUT2D eigenvalue weighted by Crippen LogP contribution is 2.35. The highest BCUT2D eigenvalue weighted by atomic mass is 16.7. The van der Waals surface area contributed by atoms with Crippen molar-refractivity contribution in [3.8, 4) is 34.3 Å². The van der Waals surface area contributed by atoms with Gasteiger partial charge in [-0.15, -0.1) is 0 Å². The van der Waals surface area contributed by atoms with Crippen LogP contribution >= 0.6 is 0 Å². The highest BCUT2D eigenvalue weighted by Gasteiger charge is 2.33. The average molecular weight is 437 g/mol. The normalized spacial score (nSPS) is 12.4. The molecule has 0 aliphatic carbocycles.